The molecular formula is C27H35N9O4S. The second-order valence-electron chi connectivity index (χ2n) is 11.2. The number of nitrogens with two attached hydrogens (primary N) is 1. The third-order valence-corrected chi connectivity index (χ3v) is 8.39. The van der Waals surface area contributed by atoms with Crippen molar-refractivity contribution < 1.29 is 17.7 Å². The van der Waals surface area contributed by atoms with Gasteiger partial charge in [0.15, 0.2) is 5.82 Å². The molecule has 13 nitrogen and oxygen atoms in total. The highest BCUT2D eigenvalue weighted by atomic mass is 32.2. The molecule has 0 atom stereocenters. The fourth-order valence-corrected chi connectivity index (χ4v) is 5.60. The van der Waals surface area contributed by atoms with Crippen LogP contribution in [0.15, 0.2) is 47.4 Å². The molecule has 0 radical (unpaired) electrons. The fraction of sp³-hybridized carbons (Fsp3) is 0.407. The minimum absolute atomic E-state index is 0.216. The predicted octanol–water partition coefficient (Wildman–Crippen LogP) is 3.19. The van der Waals surface area contributed by atoms with Crippen molar-refractivity contribution in [1.82, 2.24) is 28.9 Å². The van der Waals surface area contributed by atoms with Crippen molar-refractivity contribution in [2.24, 2.45) is 0 Å². The summed E-state index contributed by atoms with van der Waals surface area (Å²) in [4.78, 5) is 23.5. The molecule has 1 aliphatic heterocycles. The molecule has 0 spiro atoms. The van der Waals surface area contributed by atoms with E-state index in [1.165, 1.54) is 16.9 Å². The van der Waals surface area contributed by atoms with Crippen LogP contribution in [0.4, 0.5) is 22.1 Å². The number of piperazine rings is 1. The van der Waals surface area contributed by atoms with Gasteiger partial charge in [-0.05, 0) is 17.7 Å². The van der Waals surface area contributed by atoms with Gasteiger partial charge in [-0.2, -0.15) is 4.31 Å². The number of aromatic nitrogens is 4. The Bertz CT molecular complexity index is 1650. The topological polar surface area (TPSA) is 165 Å². The largest absolute Gasteiger partial charge is 0.383 e. The van der Waals surface area contributed by atoms with Gasteiger partial charge < -0.3 is 20.1 Å². The molecule has 0 saturated carbocycles. The Hall–Kier alpha value is -4.01. The molecule has 14 heteroatoms. The van der Waals surface area contributed by atoms with Gasteiger partial charge in [0.2, 0.25) is 10.0 Å². The van der Waals surface area contributed by atoms with Crippen LogP contribution in [0.1, 0.15) is 26.5 Å². The van der Waals surface area contributed by atoms with Crippen LogP contribution in [0.5, 0.6) is 0 Å². The van der Waals surface area contributed by atoms with Crippen LogP contribution in [-0.4, -0.2) is 82.3 Å². The monoisotopic (exact) mass is 581 g/mol. The minimum atomic E-state index is -3.17. The van der Waals surface area contributed by atoms with Crippen molar-refractivity contribution in [2.75, 3.05) is 55.3 Å². The third kappa shape index (κ3) is 6.50. The van der Waals surface area contributed by atoms with Crippen LogP contribution >= 0.6 is 0 Å². The van der Waals surface area contributed by atoms with E-state index in [2.05, 4.69) is 35.2 Å². The van der Waals surface area contributed by atoms with Gasteiger partial charge in [-0.25, -0.2) is 23.2 Å². The lowest BCUT2D eigenvalue weighted by atomic mass is 9.93. The molecule has 218 valence electrons. The van der Waals surface area contributed by atoms with Crippen LogP contribution in [0.25, 0.3) is 22.2 Å². The van der Waals surface area contributed by atoms with Crippen molar-refractivity contribution >= 4 is 44.4 Å². The Balaban J connectivity index is 1.27. The molecule has 1 saturated heterocycles. The molecule has 2 amide bonds. The number of carbonyl (C=O) groups excluding carboxylic acids is 1. The number of nitrogens with zero attached hydrogens (tertiary/aromatic N) is 6. The maximum absolute atomic E-state index is 12.5. The number of hydrogen-bond acceptors (Lipinski definition) is 9. The SMILES string of the molecule is CC(C)(C)c1cc(NC(=O)Nc2ccc(-c3cn(CCN4CCN(S(C)(=O)=O)CC4)c4ncnc(N)c34)cc2)no1. The highest BCUT2D eigenvalue weighted by Gasteiger charge is 2.24. The fourth-order valence-electron chi connectivity index (χ4n) is 4.77. The first-order chi connectivity index (χ1) is 19.4. The Morgan fingerprint density at radius 2 is 1.76 bits per heavy atom. The summed E-state index contributed by atoms with van der Waals surface area (Å²) in [5, 5.41) is 10.2. The van der Waals surface area contributed by atoms with Gasteiger partial charge in [0, 0.05) is 68.2 Å². The van der Waals surface area contributed by atoms with E-state index in [9.17, 15) is 13.2 Å². The molecule has 41 heavy (non-hydrogen) atoms. The lowest BCUT2D eigenvalue weighted by Gasteiger charge is -2.33. The Morgan fingerprint density at radius 3 is 2.39 bits per heavy atom. The number of nitrogen functional groups attached to an aromatic ring is 1. The Morgan fingerprint density at radius 1 is 1.05 bits per heavy atom. The summed E-state index contributed by atoms with van der Waals surface area (Å²) in [6.45, 7) is 9.72. The summed E-state index contributed by atoms with van der Waals surface area (Å²) in [5.74, 6) is 1.40. The summed E-state index contributed by atoms with van der Waals surface area (Å²) in [6, 6.07) is 8.70. The van der Waals surface area contributed by atoms with Gasteiger partial charge >= 0.3 is 6.03 Å². The molecule has 1 aromatic carbocycles. The van der Waals surface area contributed by atoms with E-state index >= 15 is 0 Å². The molecule has 1 fully saturated rings. The molecule has 4 aromatic rings. The number of anilines is 3. The first-order valence-corrected chi connectivity index (χ1v) is 15.2. The number of nitrogens with one attached hydrogen (secondary N) is 2. The van der Waals surface area contributed by atoms with Crippen LogP contribution in [-0.2, 0) is 22.0 Å². The molecule has 0 bridgehead atoms. The standard InChI is InChI=1S/C27H35N9O4S/c1-27(2,3)21-15-22(33-40-21)32-26(37)31-19-7-5-18(6-8-19)20-16-35(25-23(20)24(28)29-17-30-25)12-9-34-10-13-36(14-11-34)41(4,38)39/h5-8,15-17H,9-14H2,1-4H3,(H2,28,29,30)(H2,31,32,33,37). The molecule has 4 N–H and O–H groups in total. The van der Waals surface area contributed by atoms with Gasteiger partial charge in [-0.1, -0.05) is 38.1 Å². The average molecular weight is 582 g/mol. The van der Waals surface area contributed by atoms with Crippen LogP contribution < -0.4 is 16.4 Å². The van der Waals surface area contributed by atoms with Gasteiger partial charge in [0.1, 0.15) is 23.6 Å². The van der Waals surface area contributed by atoms with E-state index < -0.39 is 16.1 Å². The van der Waals surface area contributed by atoms with Gasteiger partial charge in [-0.15, -0.1) is 0 Å². The second-order valence-corrected chi connectivity index (χ2v) is 13.2. The van der Waals surface area contributed by atoms with Crippen LogP contribution in [0, 0.1) is 0 Å². The van der Waals surface area contributed by atoms with E-state index in [1.807, 2.05) is 51.2 Å². The lowest BCUT2D eigenvalue weighted by molar-refractivity contribution is 0.184. The third-order valence-electron chi connectivity index (χ3n) is 7.09. The van der Waals surface area contributed by atoms with Crippen molar-refractivity contribution in [2.45, 2.75) is 32.7 Å². The van der Waals surface area contributed by atoms with E-state index in [4.69, 9.17) is 10.3 Å². The number of sulfonamides is 1. The first kappa shape index (κ1) is 28.5. The maximum Gasteiger partial charge on any atom is 0.324 e. The van der Waals surface area contributed by atoms with Gasteiger partial charge in [0.25, 0.3) is 0 Å². The molecule has 4 heterocycles. The van der Waals surface area contributed by atoms with Gasteiger partial charge in [-0.3, -0.25) is 10.2 Å². The van der Waals surface area contributed by atoms with Crippen molar-refractivity contribution in [1.29, 1.82) is 0 Å². The quantitative estimate of drug-likeness (QED) is 0.297. The molecule has 0 unspecified atom stereocenters. The molecule has 0 aliphatic carbocycles. The summed E-state index contributed by atoms with van der Waals surface area (Å²) >= 11 is 0. The normalized spacial score (nSPS) is 15.3. The molecule has 5 rings (SSSR count). The average Bonchev–Trinajstić information content (AvgIpc) is 3.53. The number of benzene rings is 1. The second kappa shape index (κ2) is 11.1. The summed E-state index contributed by atoms with van der Waals surface area (Å²) in [6.07, 6.45) is 4.71. The van der Waals surface area contributed by atoms with Crippen molar-refractivity contribution in [3.8, 4) is 11.1 Å². The van der Waals surface area contributed by atoms with E-state index in [1.54, 1.807) is 6.07 Å². The zero-order valence-corrected chi connectivity index (χ0v) is 24.4. The number of hydrogen-bond donors (Lipinski definition) is 3. The smallest absolute Gasteiger partial charge is 0.324 e. The predicted molar refractivity (Wildman–Crippen MR) is 158 cm³/mol. The number of fused-ring (bicyclic) bond motifs is 1. The lowest BCUT2D eigenvalue weighted by Crippen LogP contribution is -2.48. The summed E-state index contributed by atoms with van der Waals surface area (Å²) < 4.78 is 32.5. The number of urea groups is 1. The molecule has 3 aromatic heterocycles. The zero-order valence-electron chi connectivity index (χ0n) is 23.6. The molecular weight excluding hydrogens is 546 g/mol. The summed E-state index contributed by atoms with van der Waals surface area (Å²) in [5.41, 5.74) is 9.18. The van der Waals surface area contributed by atoms with Crippen LogP contribution in [0.2, 0.25) is 0 Å². The highest BCUT2D eigenvalue weighted by molar-refractivity contribution is 7.88. The molecule has 1 aliphatic rings. The van der Waals surface area contributed by atoms with Gasteiger partial charge in [0.05, 0.1) is 11.6 Å². The van der Waals surface area contributed by atoms with Crippen LogP contribution in [0.3, 0.4) is 0 Å². The first-order valence-electron chi connectivity index (χ1n) is 13.3. The van der Waals surface area contributed by atoms with Crippen molar-refractivity contribution in [3.63, 3.8) is 0 Å². The van der Waals surface area contributed by atoms with E-state index in [0.717, 1.165) is 28.7 Å². The zero-order chi connectivity index (χ0) is 29.4. The van der Waals surface area contributed by atoms with E-state index in [0.29, 0.717) is 55.8 Å². The number of rotatable bonds is 7. The maximum atomic E-state index is 12.5. The highest BCUT2D eigenvalue weighted by Crippen LogP contribution is 2.33. The summed E-state index contributed by atoms with van der Waals surface area (Å²) in [7, 11) is -3.17. The number of carbonyl (C=O) groups is 1. The Kier molecular flexibility index (Phi) is 7.72. The minimum Gasteiger partial charge on any atom is -0.383 e. The Labute approximate surface area is 238 Å². The van der Waals surface area contributed by atoms with Crippen molar-refractivity contribution in [3.05, 3.63) is 48.6 Å². The van der Waals surface area contributed by atoms with E-state index in [-0.39, 0.29) is 5.41 Å². The number of amides is 2.